The van der Waals surface area contributed by atoms with E-state index in [-0.39, 0.29) is 0 Å². The lowest BCUT2D eigenvalue weighted by atomic mass is 10.0. The minimum Gasteiger partial charge on any atom is -0.370 e. The zero-order valence-electron chi connectivity index (χ0n) is 15.5. The standard InChI is InChI=1S/C21H30N4/c1-3-19-13-7-8-15-25(19)21-23-17(2)16-20(24-21)22-14-9-12-18-10-5-4-6-11-18/h4-6,10-11,16,19H,3,7-9,12-15H2,1-2H3,(H,22,23,24). The van der Waals surface area contributed by atoms with E-state index in [0.29, 0.717) is 6.04 Å². The SMILES string of the molecule is CCC1CCCCN1c1nc(C)cc(NCCCc2ccccc2)n1. The summed E-state index contributed by atoms with van der Waals surface area (Å²) in [6, 6.07) is 13.3. The topological polar surface area (TPSA) is 41.1 Å². The molecule has 2 aromatic rings. The van der Waals surface area contributed by atoms with E-state index in [1.807, 2.05) is 0 Å². The molecule has 1 aromatic carbocycles. The molecule has 1 unspecified atom stereocenters. The molecule has 0 radical (unpaired) electrons. The van der Waals surface area contributed by atoms with E-state index in [2.05, 4.69) is 60.5 Å². The molecule has 0 aliphatic carbocycles. The van der Waals surface area contributed by atoms with Gasteiger partial charge in [-0.05, 0) is 51.0 Å². The second kappa shape index (κ2) is 8.84. The number of benzene rings is 1. The third-order valence-corrected chi connectivity index (χ3v) is 4.99. The van der Waals surface area contributed by atoms with E-state index in [1.165, 1.54) is 24.8 Å². The van der Waals surface area contributed by atoms with Crippen LogP contribution in [0.1, 0.15) is 50.3 Å². The molecule has 0 saturated carbocycles. The van der Waals surface area contributed by atoms with Crippen molar-refractivity contribution in [3.05, 3.63) is 47.7 Å². The second-order valence-corrected chi connectivity index (χ2v) is 6.96. The fraction of sp³-hybridized carbons (Fsp3) is 0.524. The predicted octanol–water partition coefficient (Wildman–Crippen LogP) is 4.60. The van der Waals surface area contributed by atoms with Crippen LogP contribution in [-0.4, -0.2) is 29.1 Å². The molecule has 1 aliphatic rings. The van der Waals surface area contributed by atoms with Gasteiger partial charge in [0.15, 0.2) is 0 Å². The summed E-state index contributed by atoms with van der Waals surface area (Å²) in [4.78, 5) is 11.9. The van der Waals surface area contributed by atoms with Gasteiger partial charge in [0.05, 0.1) is 0 Å². The maximum Gasteiger partial charge on any atom is 0.227 e. The summed E-state index contributed by atoms with van der Waals surface area (Å²) in [6.45, 7) is 6.34. The summed E-state index contributed by atoms with van der Waals surface area (Å²) in [5, 5.41) is 3.49. The van der Waals surface area contributed by atoms with E-state index >= 15 is 0 Å². The maximum absolute atomic E-state index is 4.80. The van der Waals surface area contributed by atoms with Crippen LogP contribution in [0.5, 0.6) is 0 Å². The Bertz CT molecular complexity index is 656. The summed E-state index contributed by atoms with van der Waals surface area (Å²) in [5.41, 5.74) is 2.43. The summed E-state index contributed by atoms with van der Waals surface area (Å²) in [7, 11) is 0. The molecule has 4 heteroatoms. The first-order chi connectivity index (χ1) is 12.3. The Balaban J connectivity index is 1.59. The molecule has 4 nitrogen and oxygen atoms in total. The Morgan fingerprint density at radius 3 is 2.80 bits per heavy atom. The highest BCUT2D eigenvalue weighted by Gasteiger charge is 2.23. The molecule has 0 amide bonds. The van der Waals surface area contributed by atoms with Gasteiger partial charge in [-0.25, -0.2) is 4.98 Å². The summed E-state index contributed by atoms with van der Waals surface area (Å²) in [6.07, 6.45) is 7.18. The van der Waals surface area contributed by atoms with Gasteiger partial charge in [0.25, 0.3) is 0 Å². The van der Waals surface area contributed by atoms with Crippen LogP contribution in [0.4, 0.5) is 11.8 Å². The number of nitrogens with zero attached hydrogens (tertiary/aromatic N) is 3. The van der Waals surface area contributed by atoms with E-state index in [9.17, 15) is 0 Å². The first kappa shape index (κ1) is 17.7. The minimum absolute atomic E-state index is 0.585. The summed E-state index contributed by atoms with van der Waals surface area (Å²) in [5.74, 6) is 1.85. The first-order valence-electron chi connectivity index (χ1n) is 9.66. The van der Waals surface area contributed by atoms with Crippen LogP contribution in [0, 0.1) is 6.92 Å². The van der Waals surface area contributed by atoms with Crippen molar-refractivity contribution in [1.29, 1.82) is 0 Å². The second-order valence-electron chi connectivity index (χ2n) is 6.96. The van der Waals surface area contributed by atoms with Crippen molar-refractivity contribution >= 4 is 11.8 Å². The Labute approximate surface area is 151 Å². The molecular formula is C21H30N4. The molecule has 1 aliphatic heterocycles. The van der Waals surface area contributed by atoms with Crippen molar-refractivity contribution in [2.45, 2.75) is 58.4 Å². The van der Waals surface area contributed by atoms with E-state index in [1.54, 1.807) is 0 Å². The van der Waals surface area contributed by atoms with Gasteiger partial charge in [-0.15, -0.1) is 0 Å². The van der Waals surface area contributed by atoms with E-state index in [0.717, 1.165) is 49.8 Å². The normalized spacial score (nSPS) is 17.5. The molecular weight excluding hydrogens is 308 g/mol. The van der Waals surface area contributed by atoms with Crippen molar-refractivity contribution in [2.75, 3.05) is 23.3 Å². The van der Waals surface area contributed by atoms with Gasteiger partial charge in [0, 0.05) is 30.9 Å². The Morgan fingerprint density at radius 2 is 2.00 bits per heavy atom. The van der Waals surface area contributed by atoms with Crippen molar-refractivity contribution in [2.24, 2.45) is 0 Å². The van der Waals surface area contributed by atoms with Crippen molar-refractivity contribution in [1.82, 2.24) is 9.97 Å². The van der Waals surface area contributed by atoms with Crippen LogP contribution in [0.2, 0.25) is 0 Å². The van der Waals surface area contributed by atoms with Crippen LogP contribution in [0.3, 0.4) is 0 Å². The lowest BCUT2D eigenvalue weighted by molar-refractivity contribution is 0.443. The van der Waals surface area contributed by atoms with E-state index in [4.69, 9.17) is 9.97 Å². The monoisotopic (exact) mass is 338 g/mol. The molecule has 25 heavy (non-hydrogen) atoms. The molecule has 0 bridgehead atoms. The number of anilines is 2. The van der Waals surface area contributed by atoms with Crippen LogP contribution in [-0.2, 0) is 6.42 Å². The van der Waals surface area contributed by atoms with Gasteiger partial charge in [0.1, 0.15) is 5.82 Å². The molecule has 1 fully saturated rings. The van der Waals surface area contributed by atoms with Crippen LogP contribution in [0.25, 0.3) is 0 Å². The van der Waals surface area contributed by atoms with Gasteiger partial charge < -0.3 is 10.2 Å². The highest BCUT2D eigenvalue weighted by Crippen LogP contribution is 2.25. The number of rotatable bonds is 7. The van der Waals surface area contributed by atoms with Crippen molar-refractivity contribution in [3.63, 3.8) is 0 Å². The Hall–Kier alpha value is -2.10. The van der Waals surface area contributed by atoms with Crippen LogP contribution < -0.4 is 10.2 Å². The zero-order valence-corrected chi connectivity index (χ0v) is 15.5. The number of piperidine rings is 1. The molecule has 3 rings (SSSR count). The molecule has 0 spiro atoms. The largest absolute Gasteiger partial charge is 0.370 e. The predicted molar refractivity (Wildman–Crippen MR) is 105 cm³/mol. The van der Waals surface area contributed by atoms with Crippen LogP contribution in [0.15, 0.2) is 36.4 Å². The molecule has 1 N–H and O–H groups in total. The molecule has 2 heterocycles. The quantitative estimate of drug-likeness (QED) is 0.749. The molecule has 134 valence electrons. The highest BCUT2D eigenvalue weighted by atomic mass is 15.3. The smallest absolute Gasteiger partial charge is 0.227 e. The van der Waals surface area contributed by atoms with Crippen LogP contribution >= 0.6 is 0 Å². The molecule has 1 atom stereocenters. The molecule has 1 saturated heterocycles. The fourth-order valence-electron chi connectivity index (χ4n) is 3.61. The van der Waals surface area contributed by atoms with Gasteiger partial charge in [-0.2, -0.15) is 4.98 Å². The average Bonchev–Trinajstić information content (AvgIpc) is 2.65. The third-order valence-electron chi connectivity index (χ3n) is 4.99. The average molecular weight is 338 g/mol. The van der Waals surface area contributed by atoms with Gasteiger partial charge in [0.2, 0.25) is 5.95 Å². The van der Waals surface area contributed by atoms with Gasteiger partial charge in [-0.3, -0.25) is 0 Å². The molecule has 1 aromatic heterocycles. The Morgan fingerprint density at radius 1 is 1.16 bits per heavy atom. The zero-order chi connectivity index (χ0) is 17.5. The summed E-state index contributed by atoms with van der Waals surface area (Å²) < 4.78 is 0. The van der Waals surface area contributed by atoms with E-state index < -0.39 is 0 Å². The Kier molecular flexibility index (Phi) is 6.26. The number of aromatic nitrogens is 2. The number of nitrogens with one attached hydrogen (secondary N) is 1. The number of hydrogen-bond donors (Lipinski definition) is 1. The third kappa shape index (κ3) is 4.94. The first-order valence-corrected chi connectivity index (χ1v) is 9.66. The number of hydrogen-bond acceptors (Lipinski definition) is 4. The van der Waals surface area contributed by atoms with Gasteiger partial charge >= 0.3 is 0 Å². The fourth-order valence-corrected chi connectivity index (χ4v) is 3.61. The number of aryl methyl sites for hydroxylation is 2. The highest BCUT2D eigenvalue weighted by molar-refractivity contribution is 5.44. The van der Waals surface area contributed by atoms with Crippen molar-refractivity contribution in [3.8, 4) is 0 Å². The minimum atomic E-state index is 0.585. The van der Waals surface area contributed by atoms with Crippen molar-refractivity contribution < 1.29 is 0 Å². The lowest BCUT2D eigenvalue weighted by Crippen LogP contribution is -2.40. The maximum atomic E-state index is 4.80. The van der Waals surface area contributed by atoms with Gasteiger partial charge in [-0.1, -0.05) is 37.3 Å². The summed E-state index contributed by atoms with van der Waals surface area (Å²) >= 11 is 0. The lowest BCUT2D eigenvalue weighted by Gasteiger charge is -2.35.